The van der Waals surface area contributed by atoms with Crippen molar-refractivity contribution in [3.63, 3.8) is 0 Å². The van der Waals surface area contributed by atoms with Crippen LogP contribution >= 0.6 is 0 Å². The summed E-state index contributed by atoms with van der Waals surface area (Å²) in [4.78, 5) is 4.79. The molecule has 11 rings (SSSR count). The minimum Gasteiger partial charge on any atom is -0.510 e. The van der Waals surface area contributed by atoms with Crippen LogP contribution in [0.25, 0.3) is 83.4 Å². The Bertz CT molecular complexity index is 4100. The summed E-state index contributed by atoms with van der Waals surface area (Å²) in [6.45, 7) is 7.48. The second kappa shape index (κ2) is 17.6. The molecule has 0 spiro atoms. The molecule has 0 saturated heterocycles. The molecule has 0 aliphatic carbocycles. The number of fused-ring (bicyclic) bond motifs is 4. The molecule has 66 heavy (non-hydrogen) atoms. The van der Waals surface area contributed by atoms with Crippen LogP contribution in [0.15, 0.2) is 194 Å². The molecule has 0 fully saturated rings. The number of hydrogen-bond acceptors (Lipinski definition) is 2. The molecule has 5 nitrogen and oxygen atoms in total. The number of nitrogens with zero attached hydrogens (tertiary/aromatic N) is 4. The maximum Gasteiger partial charge on any atom is 0.268 e. The molecule has 0 bridgehead atoms. The maximum atomic E-state index is 9.12. The second-order valence-corrected chi connectivity index (χ2v) is 16.7. The van der Waals surface area contributed by atoms with E-state index in [9.17, 15) is 0 Å². The van der Waals surface area contributed by atoms with Gasteiger partial charge in [-0.1, -0.05) is 166 Å². The van der Waals surface area contributed by atoms with Crippen LogP contribution in [0.3, 0.4) is 0 Å². The Morgan fingerprint density at radius 2 is 1.35 bits per heavy atom. The molecule has 0 aliphatic rings. The van der Waals surface area contributed by atoms with Crippen molar-refractivity contribution in [2.45, 2.75) is 34.1 Å². The average molecular weight is 1050 g/mol. The zero-order chi connectivity index (χ0) is 54.6. The minimum absolute atomic E-state index is 0. The molecule has 0 saturated carbocycles. The predicted molar refractivity (Wildman–Crippen MR) is 264 cm³/mol. The van der Waals surface area contributed by atoms with Crippen molar-refractivity contribution in [2.24, 2.45) is 5.41 Å². The molecule has 11 aromatic rings. The zero-order valence-electron chi connectivity index (χ0n) is 48.2. The summed E-state index contributed by atoms with van der Waals surface area (Å²) in [5, 5.41) is 1.80. The van der Waals surface area contributed by atoms with E-state index in [2.05, 4.69) is 42.7 Å². The standard InChI is InChI=1S/C60H46N4O.Pt/c1-41-17-14-28-55-58(41)63(59-50(44-20-10-6-11-21-44)26-16-27-51(59)45-22-12-7-13-23-45)40-62(55)47-24-15-25-48(37-47)65-49-30-31-52-53-36-46(43-18-8-5-9-19-43)29-32-54(53)64(56(52)38-49)57-35-42(33-34-61-57)39-60(2,3)4;/h5-36H,39H2,1-4H3;/q-2;/i6D,7D,10D,11D,12D,13D,20D,21D,22D,23D,39D2;. The molecule has 6 heteroatoms. The Labute approximate surface area is 417 Å². The minimum atomic E-state index is -1.69. The average Bonchev–Trinajstić information content (AvgIpc) is 4.20. The van der Waals surface area contributed by atoms with Gasteiger partial charge in [0.25, 0.3) is 6.33 Å². The molecule has 0 amide bonds. The van der Waals surface area contributed by atoms with Gasteiger partial charge in [-0.05, 0) is 92.5 Å². The van der Waals surface area contributed by atoms with E-state index >= 15 is 0 Å². The van der Waals surface area contributed by atoms with Gasteiger partial charge in [0.05, 0.1) is 30.4 Å². The van der Waals surface area contributed by atoms with E-state index in [0.717, 1.165) is 33.0 Å². The monoisotopic (exact) mass is 1050 g/mol. The summed E-state index contributed by atoms with van der Waals surface area (Å²) in [6, 6.07) is 40.8. The first-order valence-corrected chi connectivity index (χ1v) is 21.1. The second-order valence-electron chi connectivity index (χ2n) is 16.7. The van der Waals surface area contributed by atoms with Crippen molar-refractivity contribution in [1.29, 1.82) is 0 Å². The van der Waals surface area contributed by atoms with Gasteiger partial charge in [0.15, 0.2) is 0 Å². The molecule has 0 aliphatic heterocycles. The quantitative estimate of drug-likeness (QED) is 0.107. The van der Waals surface area contributed by atoms with E-state index in [4.69, 9.17) is 26.2 Å². The molecule has 324 valence electrons. The molecule has 3 heterocycles. The Hall–Kier alpha value is -7.33. The van der Waals surface area contributed by atoms with E-state index < -0.39 is 72.2 Å². The molecule has 0 unspecified atom stereocenters. The van der Waals surface area contributed by atoms with Gasteiger partial charge < -0.3 is 13.9 Å². The molecule has 0 atom stereocenters. The number of pyridine rings is 1. The third kappa shape index (κ3) is 8.05. The molecule has 0 radical (unpaired) electrons. The number of para-hydroxylation sites is 2. The summed E-state index contributed by atoms with van der Waals surface area (Å²) in [6.07, 6.45) is 3.37. The van der Waals surface area contributed by atoms with Gasteiger partial charge in [-0.25, -0.2) is 4.98 Å². The third-order valence-electron chi connectivity index (χ3n) is 11.1. The Morgan fingerprint density at radius 3 is 2.08 bits per heavy atom. The summed E-state index contributed by atoms with van der Waals surface area (Å²) >= 11 is 0. The smallest absolute Gasteiger partial charge is 0.268 e. The van der Waals surface area contributed by atoms with Crippen LogP contribution in [0.4, 0.5) is 0 Å². The van der Waals surface area contributed by atoms with Crippen molar-refractivity contribution >= 4 is 32.8 Å². The number of benzene rings is 8. The zero-order valence-corrected chi connectivity index (χ0v) is 38.5. The van der Waals surface area contributed by atoms with Crippen LogP contribution in [0.1, 0.15) is 48.3 Å². The van der Waals surface area contributed by atoms with Crippen molar-refractivity contribution in [1.82, 2.24) is 14.1 Å². The van der Waals surface area contributed by atoms with Crippen molar-refractivity contribution in [2.75, 3.05) is 0 Å². The largest absolute Gasteiger partial charge is 0.510 e. The Morgan fingerprint density at radius 1 is 0.652 bits per heavy atom. The van der Waals surface area contributed by atoms with E-state index in [1.807, 2.05) is 86.9 Å². The Balaban J connectivity index is 0.00000688. The summed E-state index contributed by atoms with van der Waals surface area (Å²) in [5.41, 5.74) is 5.76. The van der Waals surface area contributed by atoms with E-state index in [0.29, 0.717) is 45.1 Å². The fourth-order valence-corrected chi connectivity index (χ4v) is 8.45. The van der Waals surface area contributed by atoms with Gasteiger partial charge in [0, 0.05) is 47.0 Å². The van der Waals surface area contributed by atoms with Crippen LogP contribution in [-0.4, -0.2) is 14.1 Å². The van der Waals surface area contributed by atoms with Gasteiger partial charge in [-0.2, -0.15) is 18.2 Å². The van der Waals surface area contributed by atoms with Crippen molar-refractivity contribution < 1.29 is 46.8 Å². The van der Waals surface area contributed by atoms with Gasteiger partial charge in [-0.15, -0.1) is 29.7 Å². The first-order chi connectivity index (χ1) is 36.7. The first-order valence-electron chi connectivity index (χ1n) is 27.1. The SMILES string of the molecule is [2H]c1c([2H])c([2H])c(-c2cccc(-c3c([2H])c([2H])c([2H])c([2H])c3[2H])c2-[n+]2[c-]n(-c3[c-]c(Oc4[c-]c5c(cc4)c4cc(-c6ccccc6)ccc4n5-c4cc(C([2H])([2H])C(C)(C)C)ccn4)ccc3)c3cccc(C)c32)c([2H])c1[2H].[Pt]. The number of rotatable bonds is 9. The fraction of sp³-hybridized carbons (Fsp3) is 0.100. The van der Waals surface area contributed by atoms with E-state index in [-0.39, 0.29) is 49.0 Å². The van der Waals surface area contributed by atoms with Gasteiger partial charge in [0.2, 0.25) is 0 Å². The van der Waals surface area contributed by atoms with E-state index in [1.165, 1.54) is 0 Å². The van der Waals surface area contributed by atoms with Crippen molar-refractivity contribution in [3.05, 3.63) is 224 Å². The molecule has 0 N–H and O–H groups in total. The van der Waals surface area contributed by atoms with Crippen LogP contribution in [0.5, 0.6) is 11.5 Å². The Kier molecular flexibility index (Phi) is 8.18. The third-order valence-corrected chi connectivity index (χ3v) is 11.1. The first kappa shape index (κ1) is 30.7. The van der Waals surface area contributed by atoms with Crippen LogP contribution in [-0.2, 0) is 27.4 Å². The number of ether oxygens (including phenoxy) is 1. The van der Waals surface area contributed by atoms with Crippen molar-refractivity contribution in [3.8, 4) is 62.1 Å². The molecule has 3 aromatic heterocycles. The van der Waals surface area contributed by atoms with E-state index in [1.54, 1.807) is 63.9 Å². The molecular weight excluding hydrogens is 988 g/mol. The van der Waals surface area contributed by atoms with Crippen LogP contribution in [0.2, 0.25) is 0 Å². The predicted octanol–water partition coefficient (Wildman–Crippen LogP) is 14.5. The molecule has 8 aromatic carbocycles. The van der Waals surface area contributed by atoms with Crippen LogP contribution < -0.4 is 9.30 Å². The number of imidazole rings is 1. The molecular formula is C60H46N4OPt-2. The summed E-state index contributed by atoms with van der Waals surface area (Å²) < 4.78 is 118. The van der Waals surface area contributed by atoms with Crippen LogP contribution in [0, 0.1) is 30.8 Å². The van der Waals surface area contributed by atoms with Gasteiger partial charge >= 0.3 is 0 Å². The summed E-state index contributed by atoms with van der Waals surface area (Å²) in [5.74, 6) is 1.16. The number of aryl methyl sites for hydroxylation is 1. The number of hydrogen-bond donors (Lipinski definition) is 0. The normalized spacial score (nSPS) is 14.4. The topological polar surface area (TPSA) is 35.9 Å². The summed E-state index contributed by atoms with van der Waals surface area (Å²) in [7, 11) is 0. The van der Waals surface area contributed by atoms with Gasteiger partial charge in [-0.3, -0.25) is 4.57 Å². The maximum absolute atomic E-state index is 9.12. The fourth-order valence-electron chi connectivity index (χ4n) is 8.45. The van der Waals surface area contributed by atoms with Gasteiger partial charge in [0.1, 0.15) is 5.82 Å². The number of aromatic nitrogens is 4.